The molecule has 1 atom stereocenters. The van der Waals surface area contributed by atoms with Crippen molar-refractivity contribution < 1.29 is 14.0 Å². The van der Waals surface area contributed by atoms with Gasteiger partial charge in [0.2, 0.25) is 5.78 Å². The van der Waals surface area contributed by atoms with E-state index in [4.69, 9.17) is 0 Å². The molecule has 0 saturated carbocycles. The fraction of sp³-hybridized carbons (Fsp3) is 0.417. The average Bonchev–Trinajstić information content (AvgIpc) is 2.79. The lowest BCUT2D eigenvalue weighted by Gasteiger charge is -2.44. The van der Waals surface area contributed by atoms with Crippen LogP contribution in [0.3, 0.4) is 0 Å². The molecule has 0 N–H and O–H groups in total. The fourth-order valence-corrected chi connectivity index (χ4v) is 4.40. The minimum atomic E-state index is -0.304. The number of ketones is 1. The summed E-state index contributed by atoms with van der Waals surface area (Å²) >= 11 is 0. The van der Waals surface area contributed by atoms with Gasteiger partial charge in [-0.3, -0.25) is 9.59 Å². The van der Waals surface area contributed by atoms with Crippen molar-refractivity contribution in [2.75, 3.05) is 32.7 Å². The molecule has 4 heterocycles. The summed E-state index contributed by atoms with van der Waals surface area (Å²) in [5.74, 6) is -0.347. The minimum absolute atomic E-state index is 0.0908. The smallest absolute Gasteiger partial charge is 0.290 e. The van der Waals surface area contributed by atoms with Crippen molar-refractivity contribution in [3.63, 3.8) is 0 Å². The van der Waals surface area contributed by atoms with Crippen molar-refractivity contribution in [2.24, 2.45) is 11.8 Å². The molecule has 5 rings (SSSR count). The van der Waals surface area contributed by atoms with Gasteiger partial charge < -0.3 is 9.80 Å². The number of halogens is 1. The zero-order valence-electron chi connectivity index (χ0n) is 16.9. The lowest BCUT2D eigenvalue weighted by Crippen LogP contribution is -2.53. The van der Waals surface area contributed by atoms with Gasteiger partial charge in [0.25, 0.3) is 5.91 Å². The number of allylic oxidation sites excluding steroid dienone is 1. The number of carbonyl (C=O) groups excluding carboxylic acids is 2. The second kappa shape index (κ2) is 9.79. The quantitative estimate of drug-likeness (QED) is 0.730. The van der Waals surface area contributed by atoms with Gasteiger partial charge in [-0.25, -0.2) is 4.39 Å². The minimum Gasteiger partial charge on any atom is -0.331 e. The van der Waals surface area contributed by atoms with Gasteiger partial charge in [0, 0.05) is 25.6 Å². The van der Waals surface area contributed by atoms with Crippen LogP contribution >= 0.6 is 0 Å². The molecule has 4 aliphatic heterocycles. The Bertz CT molecular complexity index is 794. The van der Waals surface area contributed by atoms with E-state index < -0.39 is 0 Å². The first-order valence-corrected chi connectivity index (χ1v) is 10.3. The van der Waals surface area contributed by atoms with E-state index in [1.165, 1.54) is 12.1 Å². The normalized spacial score (nSPS) is 25.7. The number of fused-ring (bicyclic) bond motifs is 3. The standard InChI is InChI=1S/C18H24N2O2.C6H5F/c1-3-13-7-10-20(11-14(13)4-2)18(22)17(21)16-12-19-8-5-15(16)6-9-19;7-6-4-2-1-3-5-6/h3-4,15-16H,1-2,5-12H2;1-5H. The number of benzene rings is 1. The van der Waals surface area contributed by atoms with Gasteiger partial charge in [0.05, 0.1) is 0 Å². The summed E-state index contributed by atoms with van der Waals surface area (Å²) in [4.78, 5) is 29.3. The van der Waals surface area contributed by atoms with Gasteiger partial charge in [0.1, 0.15) is 5.82 Å². The molecule has 29 heavy (non-hydrogen) atoms. The maximum absolute atomic E-state index is 12.7. The van der Waals surface area contributed by atoms with Crippen LogP contribution in [0, 0.1) is 17.7 Å². The lowest BCUT2D eigenvalue weighted by molar-refractivity contribution is -0.149. The highest BCUT2D eigenvalue weighted by molar-refractivity contribution is 6.37. The molecule has 1 aromatic carbocycles. The predicted octanol–water partition coefficient (Wildman–Crippen LogP) is 3.62. The number of carbonyl (C=O) groups is 2. The number of rotatable bonds is 4. The van der Waals surface area contributed by atoms with Crippen LogP contribution in [0.2, 0.25) is 0 Å². The van der Waals surface area contributed by atoms with E-state index in [0.717, 1.165) is 50.0 Å². The van der Waals surface area contributed by atoms with Crippen molar-refractivity contribution in [3.8, 4) is 0 Å². The molecular weight excluding hydrogens is 367 g/mol. The summed E-state index contributed by atoms with van der Waals surface area (Å²) in [6.45, 7) is 11.6. The molecular formula is C24H29FN2O2. The van der Waals surface area contributed by atoms with E-state index in [9.17, 15) is 14.0 Å². The molecule has 4 nitrogen and oxygen atoms in total. The van der Waals surface area contributed by atoms with Crippen molar-refractivity contribution in [1.82, 2.24) is 9.80 Å². The van der Waals surface area contributed by atoms with E-state index in [0.29, 0.717) is 19.0 Å². The largest absolute Gasteiger partial charge is 0.331 e. The zero-order valence-corrected chi connectivity index (χ0v) is 16.9. The predicted molar refractivity (Wildman–Crippen MR) is 113 cm³/mol. The van der Waals surface area contributed by atoms with Crippen LogP contribution in [0.4, 0.5) is 4.39 Å². The van der Waals surface area contributed by atoms with Crippen LogP contribution < -0.4 is 0 Å². The molecule has 1 unspecified atom stereocenters. The van der Waals surface area contributed by atoms with Gasteiger partial charge in [-0.05, 0) is 61.5 Å². The Balaban J connectivity index is 0.000000290. The molecule has 0 spiro atoms. The Morgan fingerprint density at radius 2 is 1.66 bits per heavy atom. The average molecular weight is 397 g/mol. The molecule has 0 aromatic heterocycles. The van der Waals surface area contributed by atoms with Crippen molar-refractivity contribution >= 4 is 11.7 Å². The Kier molecular flexibility index (Phi) is 7.15. The Morgan fingerprint density at radius 3 is 2.14 bits per heavy atom. The summed E-state index contributed by atoms with van der Waals surface area (Å²) in [7, 11) is 0. The SMILES string of the molecule is C=CC1=C(C=C)CN(C(=O)C(=O)C2CN3CCC2CC3)CC1.Fc1ccccc1. The molecule has 4 aliphatic rings. The second-order valence-corrected chi connectivity index (χ2v) is 7.84. The van der Waals surface area contributed by atoms with Crippen molar-refractivity contribution in [3.05, 3.63) is 72.6 Å². The van der Waals surface area contributed by atoms with Gasteiger partial charge in [-0.15, -0.1) is 0 Å². The molecule has 1 aromatic rings. The van der Waals surface area contributed by atoms with Crippen LogP contribution in [0.25, 0.3) is 0 Å². The van der Waals surface area contributed by atoms with Crippen molar-refractivity contribution in [2.45, 2.75) is 19.3 Å². The summed E-state index contributed by atoms with van der Waals surface area (Å²) in [6.07, 6.45) is 6.47. The molecule has 0 radical (unpaired) electrons. The highest BCUT2D eigenvalue weighted by Crippen LogP contribution is 2.33. The Morgan fingerprint density at radius 1 is 1.00 bits per heavy atom. The van der Waals surface area contributed by atoms with E-state index in [1.54, 1.807) is 29.2 Å². The van der Waals surface area contributed by atoms with E-state index in [-0.39, 0.29) is 23.4 Å². The zero-order chi connectivity index (χ0) is 20.8. The number of hydrogen-bond donors (Lipinski definition) is 0. The molecule has 154 valence electrons. The third-order valence-electron chi connectivity index (χ3n) is 6.14. The molecule has 3 fully saturated rings. The van der Waals surface area contributed by atoms with Crippen LogP contribution in [0.5, 0.6) is 0 Å². The maximum Gasteiger partial charge on any atom is 0.290 e. The Labute approximate surface area is 172 Å². The van der Waals surface area contributed by atoms with E-state index >= 15 is 0 Å². The molecule has 0 aliphatic carbocycles. The monoisotopic (exact) mass is 396 g/mol. The van der Waals surface area contributed by atoms with Gasteiger partial charge in [-0.2, -0.15) is 0 Å². The van der Waals surface area contributed by atoms with Gasteiger partial charge in [0.15, 0.2) is 0 Å². The first-order chi connectivity index (χ1) is 14.0. The van der Waals surface area contributed by atoms with Crippen LogP contribution in [-0.2, 0) is 9.59 Å². The number of Topliss-reactive ketones (excluding diaryl/α,β-unsaturated/α-hetero) is 1. The third kappa shape index (κ3) is 5.10. The molecule has 5 heteroatoms. The molecule has 2 bridgehead atoms. The topological polar surface area (TPSA) is 40.6 Å². The summed E-state index contributed by atoms with van der Waals surface area (Å²) < 4.78 is 11.9. The Hall–Kier alpha value is -2.53. The van der Waals surface area contributed by atoms with Crippen molar-refractivity contribution in [1.29, 1.82) is 0 Å². The van der Waals surface area contributed by atoms with E-state index in [1.807, 2.05) is 6.08 Å². The van der Waals surface area contributed by atoms with E-state index in [2.05, 4.69) is 18.1 Å². The first-order valence-electron chi connectivity index (χ1n) is 10.3. The molecule has 3 saturated heterocycles. The van der Waals surface area contributed by atoms with Gasteiger partial charge >= 0.3 is 0 Å². The third-order valence-corrected chi connectivity index (χ3v) is 6.14. The van der Waals surface area contributed by atoms with Crippen LogP contribution in [0.15, 0.2) is 66.8 Å². The maximum atomic E-state index is 12.7. The summed E-state index contributed by atoms with van der Waals surface area (Å²) in [5, 5.41) is 0. The fourth-order valence-electron chi connectivity index (χ4n) is 4.40. The highest BCUT2D eigenvalue weighted by Gasteiger charge is 2.41. The second-order valence-electron chi connectivity index (χ2n) is 7.84. The number of nitrogens with zero attached hydrogens (tertiary/aromatic N) is 2. The van der Waals surface area contributed by atoms with Gasteiger partial charge in [-0.1, -0.05) is 43.5 Å². The highest BCUT2D eigenvalue weighted by atomic mass is 19.1. The summed E-state index contributed by atoms with van der Waals surface area (Å²) in [5.41, 5.74) is 2.14. The lowest BCUT2D eigenvalue weighted by atomic mass is 9.76. The first kappa shape index (κ1) is 21.2. The number of piperidine rings is 3. The number of hydrogen-bond acceptors (Lipinski definition) is 3. The summed E-state index contributed by atoms with van der Waals surface area (Å²) in [6, 6.07) is 7.94. The number of amides is 1. The van der Waals surface area contributed by atoms with Crippen LogP contribution in [-0.4, -0.2) is 54.2 Å². The molecule has 1 amide bonds. The van der Waals surface area contributed by atoms with Crippen LogP contribution in [0.1, 0.15) is 19.3 Å².